The van der Waals surface area contributed by atoms with Crippen molar-refractivity contribution < 1.29 is 4.79 Å². The Morgan fingerprint density at radius 2 is 1.64 bits per heavy atom. The van der Waals surface area contributed by atoms with Gasteiger partial charge in [-0.05, 0) is 23.7 Å². The van der Waals surface area contributed by atoms with E-state index in [2.05, 4.69) is 61.6 Å². The van der Waals surface area contributed by atoms with E-state index in [0.717, 1.165) is 44.8 Å². The molecule has 2 aromatic rings. The average molecular weight is 383 g/mol. The molecule has 28 heavy (non-hydrogen) atoms. The Bertz CT molecular complexity index is 713. The van der Waals surface area contributed by atoms with Crippen LogP contribution in [0.2, 0.25) is 0 Å². The Morgan fingerprint density at radius 1 is 1.00 bits per heavy atom. The van der Waals surface area contributed by atoms with Gasteiger partial charge >= 0.3 is 0 Å². The maximum Gasteiger partial charge on any atom is 0.222 e. The predicted molar refractivity (Wildman–Crippen MR) is 111 cm³/mol. The zero-order chi connectivity index (χ0) is 19.6. The molecule has 150 valence electrons. The predicted octanol–water partition coefficient (Wildman–Crippen LogP) is 1.73. The van der Waals surface area contributed by atoms with Crippen molar-refractivity contribution >= 4 is 11.9 Å². The van der Waals surface area contributed by atoms with Gasteiger partial charge in [-0.15, -0.1) is 0 Å². The van der Waals surface area contributed by atoms with Crippen LogP contribution in [-0.4, -0.2) is 64.9 Å². The highest BCUT2D eigenvalue weighted by molar-refractivity contribution is 5.76. The second-order valence-electron chi connectivity index (χ2n) is 7.05. The van der Waals surface area contributed by atoms with Crippen LogP contribution in [0.15, 0.2) is 42.7 Å². The minimum atomic E-state index is 0.0151. The van der Waals surface area contributed by atoms with Crippen LogP contribution in [0.5, 0.6) is 0 Å². The van der Waals surface area contributed by atoms with Crippen LogP contribution in [0.4, 0.5) is 5.95 Å². The van der Waals surface area contributed by atoms with Crippen molar-refractivity contribution in [3.63, 3.8) is 0 Å². The van der Waals surface area contributed by atoms with Gasteiger partial charge in [-0.25, -0.2) is 9.97 Å². The lowest BCUT2D eigenvalue weighted by molar-refractivity contribution is -0.121. The van der Waals surface area contributed by atoms with E-state index in [4.69, 9.17) is 0 Å². The summed E-state index contributed by atoms with van der Waals surface area (Å²) in [6.45, 7) is 10.0. The fraction of sp³-hybridized carbons (Fsp3) is 0.476. The second-order valence-corrected chi connectivity index (χ2v) is 7.05. The first kappa shape index (κ1) is 20.2. The molecule has 2 N–H and O–H groups in total. The first-order chi connectivity index (χ1) is 13.7. The van der Waals surface area contributed by atoms with Crippen LogP contribution in [0.25, 0.3) is 0 Å². The molecule has 0 aliphatic carbocycles. The first-order valence-corrected chi connectivity index (χ1v) is 10.0. The molecule has 7 heteroatoms. The van der Waals surface area contributed by atoms with Crippen molar-refractivity contribution in [1.29, 1.82) is 0 Å². The third-order valence-corrected chi connectivity index (χ3v) is 5.03. The van der Waals surface area contributed by atoms with Crippen molar-refractivity contribution in [2.24, 2.45) is 0 Å². The van der Waals surface area contributed by atoms with Crippen molar-refractivity contribution in [2.45, 2.75) is 26.4 Å². The number of carbonyl (C=O) groups is 1. The largest absolute Gasteiger partial charge is 0.354 e. The van der Waals surface area contributed by atoms with Gasteiger partial charge in [0.05, 0.1) is 0 Å². The van der Waals surface area contributed by atoms with Crippen molar-refractivity contribution in [3.05, 3.63) is 53.9 Å². The maximum absolute atomic E-state index is 12.0. The normalized spacial score (nSPS) is 15.3. The van der Waals surface area contributed by atoms with E-state index in [1.165, 1.54) is 5.56 Å². The summed E-state index contributed by atoms with van der Waals surface area (Å²) in [5.41, 5.74) is 2.44. The number of hydrogen-bond donors (Lipinski definition) is 2. The van der Waals surface area contributed by atoms with Crippen LogP contribution < -0.4 is 10.6 Å². The number of piperazine rings is 1. The number of nitrogens with one attached hydrogen (secondary N) is 2. The number of likely N-dealkylation sites (N-methyl/N-ethyl adjacent to an activating group) is 1. The third-order valence-electron chi connectivity index (χ3n) is 5.03. The van der Waals surface area contributed by atoms with Crippen LogP contribution >= 0.6 is 0 Å². The number of hydrogen-bond acceptors (Lipinski definition) is 6. The van der Waals surface area contributed by atoms with Gasteiger partial charge < -0.3 is 15.5 Å². The van der Waals surface area contributed by atoms with E-state index in [1.54, 1.807) is 18.5 Å². The van der Waals surface area contributed by atoms with Gasteiger partial charge in [0.25, 0.3) is 0 Å². The van der Waals surface area contributed by atoms with Crippen LogP contribution in [0, 0.1) is 0 Å². The molecule has 0 unspecified atom stereocenters. The monoisotopic (exact) mass is 382 g/mol. The van der Waals surface area contributed by atoms with Crippen LogP contribution in [0.1, 0.15) is 24.5 Å². The summed E-state index contributed by atoms with van der Waals surface area (Å²) in [5, 5.41) is 6.00. The number of aromatic nitrogens is 2. The molecule has 1 aromatic heterocycles. The SMILES string of the molecule is CCN1CCN(Cc2ccc(CNC(=O)CCNc3ncccn3)cc2)CC1. The molecule has 1 aliphatic rings. The number of anilines is 1. The molecule has 1 aliphatic heterocycles. The number of nitrogens with zero attached hydrogens (tertiary/aromatic N) is 4. The van der Waals surface area contributed by atoms with Gasteiger partial charge in [-0.1, -0.05) is 31.2 Å². The molecule has 1 aromatic carbocycles. The molecule has 1 saturated heterocycles. The van der Waals surface area contributed by atoms with Gasteiger partial charge in [0.1, 0.15) is 0 Å². The highest BCUT2D eigenvalue weighted by atomic mass is 16.1. The second kappa shape index (κ2) is 10.7. The Labute approximate surface area is 167 Å². The van der Waals surface area contributed by atoms with E-state index in [0.29, 0.717) is 25.5 Å². The lowest BCUT2D eigenvalue weighted by atomic mass is 10.1. The quantitative estimate of drug-likeness (QED) is 0.688. The summed E-state index contributed by atoms with van der Waals surface area (Å²) in [6, 6.07) is 10.3. The molecule has 0 spiro atoms. The fourth-order valence-corrected chi connectivity index (χ4v) is 3.25. The van der Waals surface area contributed by atoms with E-state index in [1.807, 2.05) is 0 Å². The standard InChI is InChI=1S/C21H30N6O/c1-2-26-12-14-27(15-13-26)17-19-6-4-18(5-7-19)16-25-20(28)8-11-24-21-22-9-3-10-23-21/h3-7,9-10H,2,8,11-17H2,1H3,(H,25,28)(H,22,23,24). The number of amides is 1. The molecule has 0 radical (unpaired) electrons. The molecule has 1 amide bonds. The van der Waals surface area contributed by atoms with Crippen LogP contribution in [-0.2, 0) is 17.9 Å². The Hall–Kier alpha value is -2.51. The Kier molecular flexibility index (Phi) is 7.75. The number of carbonyl (C=O) groups excluding carboxylic acids is 1. The zero-order valence-electron chi connectivity index (χ0n) is 16.6. The molecule has 1 fully saturated rings. The zero-order valence-corrected chi connectivity index (χ0v) is 16.6. The van der Waals surface area contributed by atoms with E-state index < -0.39 is 0 Å². The summed E-state index contributed by atoms with van der Waals surface area (Å²) in [5.74, 6) is 0.559. The minimum absolute atomic E-state index is 0.0151. The molecule has 7 nitrogen and oxygen atoms in total. The van der Waals surface area contributed by atoms with Crippen molar-refractivity contribution in [1.82, 2.24) is 25.1 Å². The number of rotatable bonds is 9. The summed E-state index contributed by atoms with van der Waals surface area (Å²) < 4.78 is 0. The van der Waals surface area contributed by atoms with E-state index in [9.17, 15) is 4.79 Å². The fourth-order valence-electron chi connectivity index (χ4n) is 3.25. The Morgan fingerprint density at radius 3 is 2.32 bits per heavy atom. The Balaban J connectivity index is 1.34. The maximum atomic E-state index is 12.0. The molecule has 0 atom stereocenters. The van der Waals surface area contributed by atoms with E-state index in [-0.39, 0.29) is 5.91 Å². The average Bonchev–Trinajstić information content (AvgIpc) is 2.74. The summed E-state index contributed by atoms with van der Waals surface area (Å²) in [4.78, 5) is 25.1. The lowest BCUT2D eigenvalue weighted by Crippen LogP contribution is -2.45. The summed E-state index contributed by atoms with van der Waals surface area (Å²) in [6.07, 6.45) is 3.73. The molecule has 0 saturated carbocycles. The van der Waals surface area contributed by atoms with Gasteiger partial charge in [0.2, 0.25) is 11.9 Å². The molecular weight excluding hydrogens is 352 g/mol. The van der Waals surface area contributed by atoms with Gasteiger partial charge in [0, 0.05) is 64.6 Å². The lowest BCUT2D eigenvalue weighted by Gasteiger charge is -2.34. The van der Waals surface area contributed by atoms with E-state index >= 15 is 0 Å². The van der Waals surface area contributed by atoms with Gasteiger partial charge in [0.15, 0.2) is 0 Å². The molecule has 0 bridgehead atoms. The third kappa shape index (κ3) is 6.58. The first-order valence-electron chi connectivity index (χ1n) is 10.0. The molecule has 3 rings (SSSR count). The van der Waals surface area contributed by atoms with Crippen molar-refractivity contribution in [2.75, 3.05) is 44.6 Å². The molecular formula is C21H30N6O. The van der Waals surface area contributed by atoms with Gasteiger partial charge in [-0.3, -0.25) is 9.69 Å². The number of benzene rings is 1. The van der Waals surface area contributed by atoms with Crippen LogP contribution in [0.3, 0.4) is 0 Å². The summed E-state index contributed by atoms with van der Waals surface area (Å²) in [7, 11) is 0. The topological polar surface area (TPSA) is 73.4 Å². The van der Waals surface area contributed by atoms with Gasteiger partial charge in [-0.2, -0.15) is 0 Å². The minimum Gasteiger partial charge on any atom is -0.354 e. The smallest absolute Gasteiger partial charge is 0.222 e. The highest BCUT2D eigenvalue weighted by Gasteiger charge is 2.15. The van der Waals surface area contributed by atoms with Crippen molar-refractivity contribution in [3.8, 4) is 0 Å². The molecule has 2 heterocycles. The summed E-state index contributed by atoms with van der Waals surface area (Å²) >= 11 is 0. The highest BCUT2D eigenvalue weighted by Crippen LogP contribution is 2.10.